The summed E-state index contributed by atoms with van der Waals surface area (Å²) in [4.78, 5) is 0. The van der Waals surface area contributed by atoms with Crippen molar-refractivity contribution >= 4 is 0 Å². The van der Waals surface area contributed by atoms with Crippen molar-refractivity contribution in [1.29, 1.82) is 0 Å². The molecule has 12 heavy (non-hydrogen) atoms. The molecule has 0 saturated carbocycles. The smallest absolute Gasteiger partial charge is 0.138 e. The molecule has 0 saturated heterocycles. The summed E-state index contributed by atoms with van der Waals surface area (Å²) in [5.41, 5.74) is -1.53. The van der Waals surface area contributed by atoms with Gasteiger partial charge in [-0.15, -0.1) is 0 Å². The molecule has 74 valence electrons. The Bertz CT molecular complexity index is 98.0. The van der Waals surface area contributed by atoms with Gasteiger partial charge in [-0.25, -0.2) is 8.78 Å². The largest absolute Gasteiger partial charge is 0.248 e. The first-order chi connectivity index (χ1) is 5.68. The van der Waals surface area contributed by atoms with Crippen LogP contribution < -0.4 is 0 Å². The minimum absolute atomic E-state index is 0.301. The fraction of sp³-hybridized carbons (Fsp3) is 1.00. The summed E-state index contributed by atoms with van der Waals surface area (Å²) < 4.78 is 25.5. The van der Waals surface area contributed by atoms with Gasteiger partial charge in [-0.05, 0) is 12.8 Å². The lowest BCUT2D eigenvalue weighted by Gasteiger charge is -2.19. The van der Waals surface area contributed by atoms with E-state index in [2.05, 4.69) is 6.92 Å². The van der Waals surface area contributed by atoms with E-state index in [1.807, 2.05) is 0 Å². The van der Waals surface area contributed by atoms with Crippen LogP contribution in [0.4, 0.5) is 8.78 Å². The van der Waals surface area contributed by atoms with Gasteiger partial charge in [-0.3, -0.25) is 0 Å². The lowest BCUT2D eigenvalue weighted by atomic mass is 9.96. The van der Waals surface area contributed by atoms with E-state index in [0.29, 0.717) is 12.8 Å². The van der Waals surface area contributed by atoms with Crippen molar-refractivity contribution < 1.29 is 8.78 Å². The first-order valence-electron chi connectivity index (χ1n) is 4.93. The Labute approximate surface area is 74.4 Å². The summed E-state index contributed by atoms with van der Waals surface area (Å²) in [6.45, 7) is 2.99. The van der Waals surface area contributed by atoms with E-state index in [4.69, 9.17) is 0 Å². The Morgan fingerprint density at radius 1 is 1.08 bits per heavy atom. The van der Waals surface area contributed by atoms with Gasteiger partial charge in [0.15, 0.2) is 0 Å². The maximum Gasteiger partial charge on any atom is 0.138 e. The van der Waals surface area contributed by atoms with Crippen LogP contribution in [-0.2, 0) is 0 Å². The first-order valence-corrected chi connectivity index (χ1v) is 4.93. The topological polar surface area (TPSA) is 0 Å². The Balaban J connectivity index is 3.45. The van der Waals surface area contributed by atoms with Crippen LogP contribution in [-0.4, -0.2) is 12.3 Å². The molecule has 0 rings (SSSR count). The molecular weight excluding hydrogens is 158 g/mol. The third-order valence-corrected chi connectivity index (χ3v) is 2.35. The first kappa shape index (κ1) is 11.9. The fourth-order valence-corrected chi connectivity index (χ4v) is 1.21. The van der Waals surface area contributed by atoms with Gasteiger partial charge in [-0.1, -0.05) is 39.5 Å². The summed E-state index contributed by atoms with van der Waals surface area (Å²) in [5, 5.41) is 0. The van der Waals surface area contributed by atoms with E-state index in [1.54, 1.807) is 6.92 Å². The zero-order valence-corrected chi connectivity index (χ0v) is 8.21. The van der Waals surface area contributed by atoms with E-state index in [0.717, 1.165) is 25.7 Å². The average Bonchev–Trinajstić information content (AvgIpc) is 2.12. The molecular formula is C10H20F2. The Kier molecular flexibility index (Phi) is 6.31. The van der Waals surface area contributed by atoms with Gasteiger partial charge in [0.1, 0.15) is 12.3 Å². The van der Waals surface area contributed by atoms with Crippen LogP contribution in [0, 0.1) is 0 Å². The number of hydrogen-bond donors (Lipinski definition) is 0. The summed E-state index contributed by atoms with van der Waals surface area (Å²) >= 11 is 0. The molecule has 0 N–H and O–H groups in total. The third kappa shape index (κ3) is 4.68. The fourth-order valence-electron chi connectivity index (χ4n) is 1.21. The average molecular weight is 178 g/mol. The van der Waals surface area contributed by atoms with Crippen LogP contribution in [0.2, 0.25) is 0 Å². The summed E-state index contributed by atoms with van der Waals surface area (Å²) in [6.07, 6.45) is 4.81. The summed E-state index contributed by atoms with van der Waals surface area (Å²) in [5.74, 6) is 0. The van der Waals surface area contributed by atoms with Gasteiger partial charge >= 0.3 is 0 Å². The SMILES string of the molecule is CCCCCCC(F)(CC)CF. The van der Waals surface area contributed by atoms with E-state index in [-0.39, 0.29) is 0 Å². The molecule has 0 aromatic rings. The lowest BCUT2D eigenvalue weighted by Crippen LogP contribution is -2.24. The number of halogens is 2. The quantitative estimate of drug-likeness (QED) is 0.516. The summed E-state index contributed by atoms with van der Waals surface area (Å²) in [7, 11) is 0. The molecule has 1 unspecified atom stereocenters. The highest BCUT2D eigenvalue weighted by atomic mass is 19.2. The molecule has 0 amide bonds. The predicted octanol–water partition coefficient (Wildman–Crippen LogP) is 4.04. The van der Waals surface area contributed by atoms with Gasteiger partial charge in [0, 0.05) is 0 Å². The van der Waals surface area contributed by atoms with Crippen LogP contribution in [0.5, 0.6) is 0 Å². The lowest BCUT2D eigenvalue weighted by molar-refractivity contribution is 0.101. The van der Waals surface area contributed by atoms with Crippen molar-refractivity contribution in [2.45, 2.75) is 58.0 Å². The predicted molar refractivity (Wildman–Crippen MR) is 48.9 cm³/mol. The van der Waals surface area contributed by atoms with Crippen molar-refractivity contribution in [2.24, 2.45) is 0 Å². The van der Waals surface area contributed by atoms with E-state index in [1.165, 1.54) is 0 Å². The van der Waals surface area contributed by atoms with E-state index < -0.39 is 12.3 Å². The molecule has 2 heteroatoms. The zero-order valence-electron chi connectivity index (χ0n) is 8.21. The zero-order chi connectivity index (χ0) is 9.45. The monoisotopic (exact) mass is 178 g/mol. The van der Waals surface area contributed by atoms with Gasteiger partial charge in [-0.2, -0.15) is 0 Å². The van der Waals surface area contributed by atoms with Crippen molar-refractivity contribution in [3.8, 4) is 0 Å². The Morgan fingerprint density at radius 2 is 1.75 bits per heavy atom. The van der Waals surface area contributed by atoms with Crippen molar-refractivity contribution in [3.05, 3.63) is 0 Å². The van der Waals surface area contributed by atoms with Crippen molar-refractivity contribution in [3.63, 3.8) is 0 Å². The van der Waals surface area contributed by atoms with Gasteiger partial charge in [0.05, 0.1) is 0 Å². The minimum Gasteiger partial charge on any atom is -0.248 e. The molecule has 0 nitrogen and oxygen atoms in total. The number of rotatable bonds is 7. The standard InChI is InChI=1S/C10H20F2/c1-3-5-6-7-8-10(12,4-2)9-11/h3-9H2,1-2H3. The van der Waals surface area contributed by atoms with Crippen LogP contribution in [0.3, 0.4) is 0 Å². The highest BCUT2D eigenvalue weighted by Crippen LogP contribution is 2.24. The maximum atomic E-state index is 13.3. The van der Waals surface area contributed by atoms with Gasteiger partial charge in [0.2, 0.25) is 0 Å². The van der Waals surface area contributed by atoms with E-state index in [9.17, 15) is 8.78 Å². The highest BCUT2D eigenvalue weighted by Gasteiger charge is 2.26. The number of hydrogen-bond acceptors (Lipinski definition) is 0. The minimum atomic E-state index is -1.53. The number of alkyl halides is 2. The Hall–Kier alpha value is -0.140. The molecule has 0 aliphatic carbocycles. The third-order valence-electron chi connectivity index (χ3n) is 2.35. The van der Waals surface area contributed by atoms with Crippen LogP contribution in [0.15, 0.2) is 0 Å². The van der Waals surface area contributed by atoms with Crippen LogP contribution in [0.25, 0.3) is 0 Å². The van der Waals surface area contributed by atoms with Gasteiger partial charge in [0.25, 0.3) is 0 Å². The molecule has 0 aromatic carbocycles. The second kappa shape index (κ2) is 6.38. The molecule has 0 fully saturated rings. The van der Waals surface area contributed by atoms with Crippen LogP contribution in [0.1, 0.15) is 52.4 Å². The maximum absolute atomic E-state index is 13.3. The Morgan fingerprint density at radius 3 is 2.17 bits per heavy atom. The molecule has 0 radical (unpaired) electrons. The highest BCUT2D eigenvalue weighted by molar-refractivity contribution is 4.76. The van der Waals surface area contributed by atoms with E-state index >= 15 is 0 Å². The molecule has 0 heterocycles. The molecule has 0 spiro atoms. The number of unbranched alkanes of at least 4 members (excludes halogenated alkanes) is 3. The van der Waals surface area contributed by atoms with Crippen molar-refractivity contribution in [2.75, 3.05) is 6.67 Å². The molecule has 0 aliphatic heterocycles. The molecule has 0 aromatic heterocycles. The summed E-state index contributed by atoms with van der Waals surface area (Å²) in [6, 6.07) is 0. The van der Waals surface area contributed by atoms with Crippen LogP contribution >= 0.6 is 0 Å². The second-order valence-corrected chi connectivity index (χ2v) is 3.45. The molecule has 1 atom stereocenters. The molecule has 0 aliphatic rings. The van der Waals surface area contributed by atoms with Crippen molar-refractivity contribution in [1.82, 2.24) is 0 Å². The van der Waals surface area contributed by atoms with Gasteiger partial charge < -0.3 is 0 Å². The molecule has 0 bridgehead atoms. The normalized spacial score (nSPS) is 16.0. The second-order valence-electron chi connectivity index (χ2n) is 3.45.